The number of carbonyl (C=O) groups is 1. The lowest BCUT2D eigenvalue weighted by Gasteiger charge is -2.15. The van der Waals surface area contributed by atoms with Crippen LogP contribution in [0.2, 0.25) is 0 Å². The SMILES string of the molecule is CCCc1cc(F)cc2c(=O)c(C(=O)NCCc3ccncc3)cn(CC)c12. The number of amides is 1. The van der Waals surface area contributed by atoms with Gasteiger partial charge in [-0.05, 0) is 55.2 Å². The Morgan fingerprint density at radius 3 is 2.61 bits per heavy atom. The van der Waals surface area contributed by atoms with Gasteiger partial charge in [-0.25, -0.2) is 4.39 Å². The summed E-state index contributed by atoms with van der Waals surface area (Å²) < 4.78 is 16.0. The number of nitrogens with zero attached hydrogens (tertiary/aromatic N) is 2. The number of halogens is 1. The number of benzene rings is 1. The van der Waals surface area contributed by atoms with E-state index in [0.717, 1.165) is 17.5 Å². The number of fused-ring (bicyclic) bond motifs is 1. The van der Waals surface area contributed by atoms with E-state index in [1.807, 2.05) is 30.5 Å². The van der Waals surface area contributed by atoms with Crippen LogP contribution in [0.1, 0.15) is 41.8 Å². The molecule has 0 spiro atoms. The number of rotatable bonds is 7. The molecule has 0 saturated heterocycles. The molecule has 2 heterocycles. The second-order valence-corrected chi connectivity index (χ2v) is 6.73. The van der Waals surface area contributed by atoms with E-state index < -0.39 is 17.2 Å². The predicted octanol–water partition coefficient (Wildman–Crippen LogP) is 3.48. The lowest BCUT2D eigenvalue weighted by atomic mass is 10.0. The topological polar surface area (TPSA) is 64.0 Å². The molecule has 0 aliphatic carbocycles. The molecule has 0 aliphatic heterocycles. The first-order chi connectivity index (χ1) is 13.5. The summed E-state index contributed by atoms with van der Waals surface area (Å²) in [5, 5.41) is 3.05. The first kappa shape index (κ1) is 19.7. The van der Waals surface area contributed by atoms with Gasteiger partial charge in [0.1, 0.15) is 11.4 Å². The highest BCUT2D eigenvalue weighted by atomic mass is 19.1. The van der Waals surface area contributed by atoms with Crippen molar-refractivity contribution in [3.05, 3.63) is 75.6 Å². The Labute approximate surface area is 163 Å². The van der Waals surface area contributed by atoms with E-state index in [1.165, 1.54) is 12.1 Å². The lowest BCUT2D eigenvalue weighted by Crippen LogP contribution is -2.31. The van der Waals surface area contributed by atoms with Gasteiger partial charge in [0.15, 0.2) is 0 Å². The summed E-state index contributed by atoms with van der Waals surface area (Å²) in [6.45, 7) is 4.93. The fourth-order valence-corrected chi connectivity index (χ4v) is 3.43. The molecular weight excluding hydrogens is 357 g/mol. The number of aromatic nitrogens is 2. The van der Waals surface area contributed by atoms with Crippen LogP contribution in [0.4, 0.5) is 4.39 Å². The highest BCUT2D eigenvalue weighted by Gasteiger charge is 2.17. The fourth-order valence-electron chi connectivity index (χ4n) is 3.43. The third-order valence-corrected chi connectivity index (χ3v) is 4.77. The molecule has 1 N–H and O–H groups in total. The highest BCUT2D eigenvalue weighted by Crippen LogP contribution is 2.21. The maximum Gasteiger partial charge on any atom is 0.256 e. The van der Waals surface area contributed by atoms with Gasteiger partial charge in [-0.15, -0.1) is 0 Å². The predicted molar refractivity (Wildman–Crippen MR) is 108 cm³/mol. The lowest BCUT2D eigenvalue weighted by molar-refractivity contribution is 0.0952. The zero-order valence-corrected chi connectivity index (χ0v) is 16.2. The van der Waals surface area contributed by atoms with Crippen molar-refractivity contribution in [3.63, 3.8) is 0 Å². The first-order valence-electron chi connectivity index (χ1n) is 9.57. The highest BCUT2D eigenvalue weighted by molar-refractivity contribution is 5.97. The third-order valence-electron chi connectivity index (χ3n) is 4.77. The van der Waals surface area contributed by atoms with E-state index in [0.29, 0.717) is 31.4 Å². The Kier molecular flexibility index (Phi) is 6.19. The zero-order chi connectivity index (χ0) is 20.1. The second kappa shape index (κ2) is 8.78. The van der Waals surface area contributed by atoms with E-state index in [1.54, 1.807) is 18.6 Å². The van der Waals surface area contributed by atoms with Crippen molar-refractivity contribution >= 4 is 16.8 Å². The Morgan fingerprint density at radius 1 is 1.18 bits per heavy atom. The van der Waals surface area contributed by atoms with E-state index >= 15 is 0 Å². The molecule has 0 atom stereocenters. The van der Waals surface area contributed by atoms with Crippen molar-refractivity contribution in [1.29, 1.82) is 0 Å². The van der Waals surface area contributed by atoms with Crippen LogP contribution in [0, 0.1) is 5.82 Å². The zero-order valence-electron chi connectivity index (χ0n) is 16.2. The molecule has 28 heavy (non-hydrogen) atoms. The average Bonchev–Trinajstić information content (AvgIpc) is 2.69. The Hall–Kier alpha value is -3.02. The molecule has 0 saturated carbocycles. The van der Waals surface area contributed by atoms with Gasteiger partial charge in [0.05, 0.1) is 5.52 Å². The molecule has 1 aromatic carbocycles. The molecule has 0 unspecified atom stereocenters. The molecule has 1 amide bonds. The monoisotopic (exact) mass is 381 g/mol. The van der Waals surface area contributed by atoms with Gasteiger partial charge in [-0.2, -0.15) is 0 Å². The number of pyridine rings is 2. The minimum Gasteiger partial charge on any atom is -0.352 e. The fraction of sp³-hybridized carbons (Fsp3) is 0.318. The molecule has 3 aromatic rings. The third kappa shape index (κ3) is 4.11. The van der Waals surface area contributed by atoms with Crippen LogP contribution in [-0.4, -0.2) is 22.0 Å². The van der Waals surface area contributed by atoms with Crippen LogP contribution in [0.25, 0.3) is 10.9 Å². The van der Waals surface area contributed by atoms with Crippen LogP contribution in [0.15, 0.2) is 47.7 Å². The largest absolute Gasteiger partial charge is 0.352 e. The minimum atomic E-state index is -0.453. The first-order valence-corrected chi connectivity index (χ1v) is 9.57. The number of nitrogens with one attached hydrogen (secondary N) is 1. The van der Waals surface area contributed by atoms with Crippen LogP contribution < -0.4 is 10.7 Å². The molecule has 2 aromatic heterocycles. The Bertz CT molecular complexity index is 1050. The van der Waals surface area contributed by atoms with E-state index in [9.17, 15) is 14.0 Å². The number of hydrogen-bond donors (Lipinski definition) is 1. The van der Waals surface area contributed by atoms with E-state index in [4.69, 9.17) is 0 Å². The van der Waals surface area contributed by atoms with E-state index in [2.05, 4.69) is 10.3 Å². The number of aryl methyl sites for hydroxylation is 2. The van der Waals surface area contributed by atoms with Crippen LogP contribution >= 0.6 is 0 Å². The normalized spacial score (nSPS) is 11.0. The van der Waals surface area contributed by atoms with Gasteiger partial charge in [0.25, 0.3) is 5.91 Å². The van der Waals surface area contributed by atoms with E-state index in [-0.39, 0.29) is 10.9 Å². The van der Waals surface area contributed by atoms with Crippen molar-refractivity contribution in [2.75, 3.05) is 6.54 Å². The Balaban J connectivity index is 1.94. The molecule has 5 nitrogen and oxygen atoms in total. The summed E-state index contributed by atoms with van der Waals surface area (Å²) in [4.78, 5) is 29.5. The molecule has 0 fully saturated rings. The summed E-state index contributed by atoms with van der Waals surface area (Å²) in [5.41, 5.74) is 2.16. The summed E-state index contributed by atoms with van der Waals surface area (Å²) >= 11 is 0. The molecule has 0 bridgehead atoms. The van der Waals surface area contributed by atoms with Crippen LogP contribution in [0.3, 0.4) is 0 Å². The number of carbonyl (C=O) groups excluding carboxylic acids is 1. The minimum absolute atomic E-state index is 0.0390. The quantitative estimate of drug-likeness (QED) is 0.681. The van der Waals surface area contributed by atoms with Gasteiger partial charge in [0, 0.05) is 37.1 Å². The standard InChI is InChI=1S/C22H24FN3O2/c1-3-5-16-12-17(23)13-18-20(16)26(4-2)14-19(21(18)27)22(28)25-11-8-15-6-9-24-10-7-15/h6-7,9-10,12-14H,3-5,8,11H2,1-2H3,(H,25,28). The van der Waals surface area contributed by atoms with Crippen LogP contribution in [-0.2, 0) is 19.4 Å². The maximum atomic E-state index is 14.1. The summed E-state index contributed by atoms with van der Waals surface area (Å²) in [7, 11) is 0. The summed E-state index contributed by atoms with van der Waals surface area (Å²) in [6, 6.07) is 6.47. The van der Waals surface area contributed by atoms with Crippen molar-refractivity contribution in [2.24, 2.45) is 0 Å². The molecule has 6 heteroatoms. The number of hydrogen-bond acceptors (Lipinski definition) is 3. The molecule has 146 valence electrons. The Morgan fingerprint density at radius 2 is 1.93 bits per heavy atom. The molecule has 3 rings (SSSR count). The molecule has 0 radical (unpaired) electrons. The van der Waals surface area contributed by atoms with Crippen molar-refractivity contribution in [2.45, 2.75) is 39.7 Å². The van der Waals surface area contributed by atoms with Gasteiger partial charge in [-0.3, -0.25) is 14.6 Å². The van der Waals surface area contributed by atoms with Gasteiger partial charge in [-0.1, -0.05) is 13.3 Å². The van der Waals surface area contributed by atoms with Crippen molar-refractivity contribution in [1.82, 2.24) is 14.9 Å². The average molecular weight is 381 g/mol. The van der Waals surface area contributed by atoms with Crippen LogP contribution in [0.5, 0.6) is 0 Å². The van der Waals surface area contributed by atoms with Crippen molar-refractivity contribution in [3.8, 4) is 0 Å². The maximum absolute atomic E-state index is 14.1. The molecule has 0 aliphatic rings. The van der Waals surface area contributed by atoms with Gasteiger partial charge >= 0.3 is 0 Å². The summed E-state index contributed by atoms with van der Waals surface area (Å²) in [6.07, 6.45) is 7.13. The van der Waals surface area contributed by atoms with Crippen molar-refractivity contribution < 1.29 is 9.18 Å². The second-order valence-electron chi connectivity index (χ2n) is 6.73. The summed E-state index contributed by atoms with van der Waals surface area (Å²) in [5.74, 6) is -0.893. The molecular formula is C22H24FN3O2. The smallest absolute Gasteiger partial charge is 0.256 e. The van der Waals surface area contributed by atoms with Gasteiger partial charge in [0.2, 0.25) is 5.43 Å². The van der Waals surface area contributed by atoms with Gasteiger partial charge < -0.3 is 9.88 Å².